The molecule has 1 aromatic heterocycles. The Balaban J connectivity index is 1.42. The van der Waals surface area contributed by atoms with Crippen molar-refractivity contribution in [2.45, 2.75) is 32.6 Å². The maximum absolute atomic E-state index is 12.1. The molecule has 1 amide bonds. The second kappa shape index (κ2) is 8.29. The fourth-order valence-electron chi connectivity index (χ4n) is 3.26. The first-order valence-electron chi connectivity index (χ1n) is 8.68. The van der Waals surface area contributed by atoms with Crippen molar-refractivity contribution in [1.82, 2.24) is 10.3 Å². The van der Waals surface area contributed by atoms with Crippen LogP contribution < -0.4 is 10.2 Å². The highest BCUT2D eigenvalue weighted by atomic mass is 32.1. The minimum Gasteiger partial charge on any atom is -0.356 e. The lowest BCUT2D eigenvalue weighted by atomic mass is 9.98. The second-order valence-electron chi connectivity index (χ2n) is 6.50. The summed E-state index contributed by atoms with van der Waals surface area (Å²) >= 11 is 1.69. The van der Waals surface area contributed by atoms with Crippen molar-refractivity contribution >= 4 is 22.4 Å². The zero-order chi connectivity index (χ0) is 16.8. The predicted octanol–water partition coefficient (Wildman–Crippen LogP) is 3.42. The van der Waals surface area contributed by atoms with Crippen LogP contribution in [0.5, 0.6) is 0 Å². The number of aromatic nitrogens is 1. The van der Waals surface area contributed by atoms with E-state index in [0.717, 1.165) is 31.2 Å². The van der Waals surface area contributed by atoms with Crippen LogP contribution in [0.25, 0.3) is 0 Å². The third-order valence-corrected chi connectivity index (χ3v) is 5.51. The van der Waals surface area contributed by atoms with Crippen molar-refractivity contribution in [3.8, 4) is 0 Å². The van der Waals surface area contributed by atoms with Gasteiger partial charge in [0.1, 0.15) is 0 Å². The van der Waals surface area contributed by atoms with Gasteiger partial charge in [0, 0.05) is 37.6 Å². The third-order valence-electron chi connectivity index (χ3n) is 4.68. The Hall–Kier alpha value is -1.88. The number of carbonyl (C=O) groups excluding carboxylic acids is 1. The topological polar surface area (TPSA) is 45.2 Å². The molecule has 128 valence electrons. The van der Waals surface area contributed by atoms with Crippen LogP contribution in [0.2, 0.25) is 0 Å². The van der Waals surface area contributed by atoms with E-state index in [4.69, 9.17) is 0 Å². The van der Waals surface area contributed by atoms with Crippen LogP contribution in [0.1, 0.15) is 30.4 Å². The van der Waals surface area contributed by atoms with Crippen LogP contribution in [0.4, 0.5) is 5.13 Å². The predicted molar refractivity (Wildman–Crippen MR) is 99.6 cm³/mol. The van der Waals surface area contributed by atoms with Gasteiger partial charge in [-0.3, -0.25) is 4.79 Å². The van der Waals surface area contributed by atoms with Gasteiger partial charge in [-0.1, -0.05) is 24.3 Å². The van der Waals surface area contributed by atoms with Crippen molar-refractivity contribution < 1.29 is 4.79 Å². The van der Waals surface area contributed by atoms with Crippen molar-refractivity contribution in [1.29, 1.82) is 0 Å². The summed E-state index contributed by atoms with van der Waals surface area (Å²) in [6.07, 6.45) is 5.59. The lowest BCUT2D eigenvalue weighted by Gasteiger charge is -2.32. The molecule has 2 heterocycles. The number of piperidine rings is 1. The smallest absolute Gasteiger partial charge is 0.220 e. The molecular formula is C19H25N3OS. The Morgan fingerprint density at radius 2 is 2.29 bits per heavy atom. The molecule has 4 nitrogen and oxygen atoms in total. The molecule has 2 aromatic rings. The van der Waals surface area contributed by atoms with Gasteiger partial charge in [0.2, 0.25) is 5.91 Å². The molecule has 1 aliphatic rings. The van der Waals surface area contributed by atoms with Crippen molar-refractivity contribution in [3.63, 3.8) is 0 Å². The van der Waals surface area contributed by atoms with Gasteiger partial charge in [-0.2, -0.15) is 0 Å². The number of amides is 1. The number of hydrogen-bond donors (Lipinski definition) is 1. The average molecular weight is 343 g/mol. The summed E-state index contributed by atoms with van der Waals surface area (Å²) in [6, 6.07) is 8.28. The van der Waals surface area contributed by atoms with E-state index in [0.29, 0.717) is 12.3 Å². The first-order chi connectivity index (χ1) is 11.7. The van der Waals surface area contributed by atoms with Crippen LogP contribution in [-0.4, -0.2) is 30.5 Å². The Bertz CT molecular complexity index is 656. The first-order valence-corrected chi connectivity index (χ1v) is 9.56. The second-order valence-corrected chi connectivity index (χ2v) is 7.37. The van der Waals surface area contributed by atoms with Gasteiger partial charge in [-0.05, 0) is 43.2 Å². The van der Waals surface area contributed by atoms with Crippen molar-refractivity contribution in [3.05, 3.63) is 47.0 Å². The molecule has 3 rings (SSSR count). The van der Waals surface area contributed by atoms with E-state index in [1.807, 2.05) is 23.7 Å². The number of benzene rings is 1. The Morgan fingerprint density at radius 3 is 3.08 bits per heavy atom. The van der Waals surface area contributed by atoms with E-state index < -0.39 is 0 Å². The van der Waals surface area contributed by atoms with Crippen molar-refractivity contribution in [2.75, 3.05) is 24.5 Å². The number of carbonyl (C=O) groups is 1. The standard InChI is InChI=1S/C19H25N3OS/c1-15-5-2-3-7-17(15)8-9-18(23)21-13-16-6-4-11-22(14-16)19-20-10-12-24-19/h2-3,5,7,10,12,16H,4,6,8-9,11,13-14H2,1H3,(H,21,23)/t16-/m0/s1. The fraction of sp³-hybridized carbons (Fsp3) is 0.474. The molecule has 0 unspecified atom stereocenters. The Kier molecular flexibility index (Phi) is 5.86. The summed E-state index contributed by atoms with van der Waals surface area (Å²) < 4.78 is 0. The van der Waals surface area contributed by atoms with E-state index >= 15 is 0 Å². The molecule has 0 spiro atoms. The van der Waals surface area contributed by atoms with Gasteiger partial charge in [-0.25, -0.2) is 4.98 Å². The lowest BCUT2D eigenvalue weighted by Crippen LogP contribution is -2.41. The van der Waals surface area contributed by atoms with E-state index in [2.05, 4.69) is 34.3 Å². The van der Waals surface area contributed by atoms with E-state index in [-0.39, 0.29) is 5.91 Å². The average Bonchev–Trinajstić information content (AvgIpc) is 3.14. The molecule has 1 saturated heterocycles. The Labute approximate surface area is 147 Å². The van der Waals surface area contributed by atoms with Crippen LogP contribution >= 0.6 is 11.3 Å². The molecule has 1 aliphatic heterocycles. The first kappa shape index (κ1) is 17.0. The van der Waals surface area contributed by atoms with E-state index in [1.165, 1.54) is 24.0 Å². The molecule has 1 atom stereocenters. The van der Waals surface area contributed by atoms with E-state index in [9.17, 15) is 4.79 Å². The normalized spacial score (nSPS) is 17.7. The summed E-state index contributed by atoms with van der Waals surface area (Å²) in [5, 5.41) is 6.25. The molecule has 0 bridgehead atoms. The Morgan fingerprint density at radius 1 is 1.42 bits per heavy atom. The van der Waals surface area contributed by atoms with E-state index in [1.54, 1.807) is 11.3 Å². The van der Waals surface area contributed by atoms with Crippen LogP contribution in [0.3, 0.4) is 0 Å². The van der Waals surface area contributed by atoms with Gasteiger partial charge in [0.15, 0.2) is 5.13 Å². The third kappa shape index (κ3) is 4.57. The van der Waals surface area contributed by atoms with Crippen LogP contribution in [-0.2, 0) is 11.2 Å². The summed E-state index contributed by atoms with van der Waals surface area (Å²) in [5.41, 5.74) is 2.52. The zero-order valence-corrected chi connectivity index (χ0v) is 15.0. The number of nitrogens with zero attached hydrogens (tertiary/aromatic N) is 2. The zero-order valence-electron chi connectivity index (χ0n) is 14.2. The van der Waals surface area contributed by atoms with Crippen molar-refractivity contribution in [2.24, 2.45) is 5.92 Å². The summed E-state index contributed by atoms with van der Waals surface area (Å²) in [5.74, 6) is 0.676. The molecule has 0 radical (unpaired) electrons. The molecule has 0 aliphatic carbocycles. The monoisotopic (exact) mass is 343 g/mol. The number of thiazole rings is 1. The van der Waals surface area contributed by atoms with Gasteiger partial charge in [-0.15, -0.1) is 11.3 Å². The molecular weight excluding hydrogens is 318 g/mol. The molecule has 1 N–H and O–H groups in total. The molecule has 0 saturated carbocycles. The van der Waals surface area contributed by atoms with Gasteiger partial charge >= 0.3 is 0 Å². The summed E-state index contributed by atoms with van der Waals surface area (Å²) in [4.78, 5) is 18.9. The molecule has 1 aromatic carbocycles. The largest absolute Gasteiger partial charge is 0.356 e. The minimum absolute atomic E-state index is 0.157. The highest BCUT2D eigenvalue weighted by molar-refractivity contribution is 7.13. The quantitative estimate of drug-likeness (QED) is 0.874. The maximum atomic E-state index is 12.1. The molecule has 24 heavy (non-hydrogen) atoms. The number of nitrogens with one attached hydrogen (secondary N) is 1. The molecule has 5 heteroatoms. The summed E-state index contributed by atoms with van der Waals surface area (Å²) in [6.45, 7) is 4.94. The van der Waals surface area contributed by atoms with Gasteiger partial charge < -0.3 is 10.2 Å². The van der Waals surface area contributed by atoms with Crippen LogP contribution in [0, 0.1) is 12.8 Å². The number of hydrogen-bond acceptors (Lipinski definition) is 4. The highest BCUT2D eigenvalue weighted by Crippen LogP contribution is 2.24. The fourth-order valence-corrected chi connectivity index (χ4v) is 3.94. The maximum Gasteiger partial charge on any atom is 0.220 e. The highest BCUT2D eigenvalue weighted by Gasteiger charge is 2.21. The number of aryl methyl sites for hydroxylation is 2. The minimum atomic E-state index is 0.157. The number of anilines is 1. The number of rotatable bonds is 6. The van der Waals surface area contributed by atoms with Gasteiger partial charge in [0.25, 0.3) is 0 Å². The van der Waals surface area contributed by atoms with Crippen LogP contribution in [0.15, 0.2) is 35.8 Å². The SMILES string of the molecule is Cc1ccccc1CCC(=O)NC[C@@H]1CCCN(c2nccs2)C1. The summed E-state index contributed by atoms with van der Waals surface area (Å²) in [7, 11) is 0. The lowest BCUT2D eigenvalue weighted by molar-refractivity contribution is -0.121. The van der Waals surface area contributed by atoms with Gasteiger partial charge in [0.05, 0.1) is 0 Å². The molecule has 1 fully saturated rings.